The molecule has 0 radical (unpaired) electrons. The monoisotopic (exact) mass is 679 g/mol. The van der Waals surface area contributed by atoms with E-state index >= 15 is 0 Å². The van der Waals surface area contributed by atoms with Gasteiger partial charge in [-0.25, -0.2) is 0 Å². The Kier molecular flexibility index (Phi) is 6.19. The number of benzene rings is 6. The van der Waals surface area contributed by atoms with E-state index in [1.54, 1.807) is 0 Å². The first-order valence-electron chi connectivity index (χ1n) is 17.8. The highest BCUT2D eigenvalue weighted by Crippen LogP contribution is 2.48. The van der Waals surface area contributed by atoms with Crippen molar-refractivity contribution in [1.29, 1.82) is 0 Å². The number of thiophene rings is 1. The average Bonchev–Trinajstić information content (AvgIpc) is 3.54. The first-order chi connectivity index (χ1) is 24.5. The van der Waals surface area contributed by atoms with Gasteiger partial charge in [0.2, 0.25) is 6.71 Å². The number of anilines is 2. The summed E-state index contributed by atoms with van der Waals surface area (Å²) in [5.74, 6) is 2.10. The predicted molar refractivity (Wildman–Crippen MR) is 213 cm³/mol. The van der Waals surface area contributed by atoms with Crippen LogP contribution in [0.15, 0.2) is 143 Å². The minimum Gasteiger partial charge on any atom is -0.458 e. The van der Waals surface area contributed by atoms with E-state index in [1.165, 1.54) is 92.8 Å². The standard InChI is InChI=1S/C45H34BNOS2/c1-45(2)32-23-21-27(29-12-9-13-31-30-11-3-8-19-40(30)50-44(29)31)25-35(32)46-34-24-22-28(26-42(34)49-41-20-10-14-33(45)43(41)46)47-36-15-4-6-17-38(36)48-39-18-7-5-16-37(39)47/h3-4,6,8-15,17,19-26H,5,7,16,18H2,1-2H3. The Labute approximate surface area is 301 Å². The summed E-state index contributed by atoms with van der Waals surface area (Å²) in [5, 5.41) is 2.70. The van der Waals surface area contributed by atoms with Crippen LogP contribution in [0, 0.1) is 0 Å². The molecule has 0 atom stereocenters. The van der Waals surface area contributed by atoms with E-state index in [0.29, 0.717) is 0 Å². The molecule has 1 aromatic heterocycles. The number of allylic oxidation sites excluding steroid dienone is 2. The molecule has 0 N–H and O–H groups in total. The van der Waals surface area contributed by atoms with Crippen molar-refractivity contribution in [2.24, 2.45) is 0 Å². The lowest BCUT2D eigenvalue weighted by Gasteiger charge is -2.42. The van der Waals surface area contributed by atoms with E-state index in [1.807, 2.05) is 23.1 Å². The molecule has 240 valence electrons. The molecule has 0 unspecified atom stereocenters. The lowest BCUT2D eigenvalue weighted by Crippen LogP contribution is -2.62. The second-order valence-electron chi connectivity index (χ2n) is 14.7. The third-order valence-corrected chi connectivity index (χ3v) is 13.9. The Morgan fingerprint density at radius 2 is 1.54 bits per heavy atom. The first kappa shape index (κ1) is 29.1. The molecule has 0 saturated carbocycles. The van der Waals surface area contributed by atoms with Crippen LogP contribution >= 0.6 is 23.1 Å². The second-order valence-corrected chi connectivity index (χ2v) is 16.8. The van der Waals surface area contributed by atoms with Crippen molar-refractivity contribution in [2.45, 2.75) is 54.7 Å². The summed E-state index contributed by atoms with van der Waals surface area (Å²) < 4.78 is 9.20. The summed E-state index contributed by atoms with van der Waals surface area (Å²) in [4.78, 5) is 5.22. The fourth-order valence-corrected chi connectivity index (χ4v) is 11.7. The van der Waals surface area contributed by atoms with Gasteiger partial charge >= 0.3 is 0 Å². The topological polar surface area (TPSA) is 12.5 Å². The van der Waals surface area contributed by atoms with Gasteiger partial charge in [-0.15, -0.1) is 11.3 Å². The number of hydrogen-bond donors (Lipinski definition) is 0. The second kappa shape index (κ2) is 10.7. The Morgan fingerprint density at radius 1 is 0.700 bits per heavy atom. The van der Waals surface area contributed by atoms with Crippen molar-refractivity contribution in [2.75, 3.05) is 4.90 Å². The number of fused-ring (bicyclic) bond motifs is 8. The molecule has 50 heavy (non-hydrogen) atoms. The van der Waals surface area contributed by atoms with Crippen molar-refractivity contribution in [1.82, 2.24) is 0 Å². The minimum absolute atomic E-state index is 0.0985. The van der Waals surface area contributed by atoms with Crippen LogP contribution in [0.3, 0.4) is 0 Å². The lowest BCUT2D eigenvalue weighted by molar-refractivity contribution is 0.363. The van der Waals surface area contributed by atoms with E-state index in [4.69, 9.17) is 4.74 Å². The maximum absolute atomic E-state index is 6.49. The summed E-state index contributed by atoms with van der Waals surface area (Å²) in [6.07, 6.45) is 4.43. The molecule has 4 aliphatic rings. The summed E-state index contributed by atoms with van der Waals surface area (Å²) in [7, 11) is 0. The van der Waals surface area contributed by atoms with Gasteiger partial charge in [-0.05, 0) is 77.9 Å². The van der Waals surface area contributed by atoms with Gasteiger partial charge in [-0.1, -0.05) is 127 Å². The van der Waals surface area contributed by atoms with Crippen LogP contribution in [0.25, 0.3) is 31.3 Å². The largest absolute Gasteiger partial charge is 0.458 e. The molecule has 0 spiro atoms. The van der Waals surface area contributed by atoms with Gasteiger partial charge in [0, 0.05) is 47.5 Å². The molecule has 0 amide bonds. The molecule has 4 heterocycles. The van der Waals surface area contributed by atoms with Gasteiger partial charge in [0.15, 0.2) is 5.75 Å². The van der Waals surface area contributed by atoms with Crippen molar-refractivity contribution >= 4 is 77.7 Å². The van der Waals surface area contributed by atoms with Gasteiger partial charge < -0.3 is 9.64 Å². The molecule has 6 aromatic carbocycles. The van der Waals surface area contributed by atoms with Crippen molar-refractivity contribution in [3.05, 3.63) is 144 Å². The van der Waals surface area contributed by atoms with E-state index in [0.717, 1.165) is 30.0 Å². The van der Waals surface area contributed by atoms with E-state index in [-0.39, 0.29) is 12.1 Å². The van der Waals surface area contributed by atoms with Crippen LogP contribution in [0.1, 0.15) is 50.7 Å². The number of hydrogen-bond acceptors (Lipinski definition) is 4. The lowest BCUT2D eigenvalue weighted by atomic mass is 9.31. The predicted octanol–water partition coefficient (Wildman–Crippen LogP) is 10.7. The summed E-state index contributed by atoms with van der Waals surface area (Å²) in [5.41, 5.74) is 13.4. The van der Waals surface area contributed by atoms with Gasteiger partial charge in [0.25, 0.3) is 0 Å². The quantitative estimate of drug-likeness (QED) is 0.169. The number of nitrogens with zero attached hydrogens (tertiary/aromatic N) is 1. The number of ether oxygens (including phenoxy) is 1. The summed E-state index contributed by atoms with van der Waals surface area (Å²) in [6.45, 7) is 5.01. The van der Waals surface area contributed by atoms with Crippen LogP contribution < -0.4 is 26.0 Å². The highest BCUT2D eigenvalue weighted by molar-refractivity contribution is 8.00. The molecule has 1 aliphatic carbocycles. The molecular weight excluding hydrogens is 645 g/mol. The van der Waals surface area contributed by atoms with Gasteiger partial charge in [-0.2, -0.15) is 0 Å². The normalized spacial score (nSPS) is 16.8. The van der Waals surface area contributed by atoms with Gasteiger partial charge in [0.1, 0.15) is 5.76 Å². The molecular formula is C45H34BNOS2. The van der Waals surface area contributed by atoms with E-state index in [2.05, 4.69) is 140 Å². The third kappa shape index (κ3) is 4.05. The molecule has 2 nitrogen and oxygen atoms in total. The highest BCUT2D eigenvalue weighted by Gasteiger charge is 2.44. The Bertz CT molecular complexity index is 2610. The first-order valence-corrected chi connectivity index (χ1v) is 19.5. The van der Waals surface area contributed by atoms with Crippen LogP contribution in [0.4, 0.5) is 11.4 Å². The van der Waals surface area contributed by atoms with Crippen molar-refractivity contribution < 1.29 is 4.74 Å². The van der Waals surface area contributed by atoms with Crippen LogP contribution in [0.5, 0.6) is 5.75 Å². The van der Waals surface area contributed by atoms with Crippen LogP contribution in [-0.4, -0.2) is 6.71 Å². The summed E-state index contributed by atoms with van der Waals surface area (Å²) in [6, 6.07) is 45.8. The third-order valence-electron chi connectivity index (χ3n) is 11.6. The molecule has 5 heteroatoms. The zero-order valence-corrected chi connectivity index (χ0v) is 29.8. The molecule has 11 rings (SSSR count). The fourth-order valence-electron chi connectivity index (χ4n) is 9.23. The molecule has 3 aliphatic heterocycles. The SMILES string of the molecule is CC1(C)c2ccc(-c3cccc4c3sc3ccccc34)cc2B2c3ccc(N4C5=C(CCCC5)Oc5ccccc54)cc3Sc3cccc1c32. The van der Waals surface area contributed by atoms with Crippen LogP contribution in [-0.2, 0) is 5.41 Å². The molecule has 0 fully saturated rings. The van der Waals surface area contributed by atoms with E-state index in [9.17, 15) is 0 Å². The van der Waals surface area contributed by atoms with Crippen molar-refractivity contribution in [3.8, 4) is 16.9 Å². The Hall–Kier alpha value is -4.71. The maximum atomic E-state index is 6.49. The van der Waals surface area contributed by atoms with Gasteiger partial charge in [-0.3, -0.25) is 0 Å². The number of para-hydroxylation sites is 2. The highest BCUT2D eigenvalue weighted by atomic mass is 32.2. The van der Waals surface area contributed by atoms with Gasteiger partial charge in [0.05, 0.1) is 11.4 Å². The summed E-state index contributed by atoms with van der Waals surface area (Å²) >= 11 is 3.86. The zero-order chi connectivity index (χ0) is 33.1. The fraction of sp³-hybridized carbons (Fsp3) is 0.156. The zero-order valence-electron chi connectivity index (χ0n) is 28.1. The molecule has 7 aromatic rings. The number of rotatable bonds is 2. The molecule has 0 saturated heterocycles. The Morgan fingerprint density at radius 3 is 2.50 bits per heavy atom. The smallest absolute Gasteiger partial charge is 0.244 e. The van der Waals surface area contributed by atoms with E-state index < -0.39 is 0 Å². The minimum atomic E-state index is -0.0985. The molecule has 0 bridgehead atoms. The average molecular weight is 680 g/mol. The van der Waals surface area contributed by atoms with Crippen molar-refractivity contribution in [3.63, 3.8) is 0 Å². The maximum Gasteiger partial charge on any atom is 0.244 e. The van der Waals surface area contributed by atoms with Crippen LogP contribution in [0.2, 0.25) is 0 Å². The Balaban J connectivity index is 1.10.